The van der Waals surface area contributed by atoms with Crippen LogP contribution in [0.15, 0.2) is 0 Å². The van der Waals surface area contributed by atoms with Crippen molar-refractivity contribution in [2.45, 2.75) is 0 Å². The summed E-state index contributed by atoms with van der Waals surface area (Å²) in [5.41, 5.74) is 32.8. The summed E-state index contributed by atoms with van der Waals surface area (Å²) in [6.07, 6.45) is 0. The first kappa shape index (κ1) is 58.3. The van der Waals surface area contributed by atoms with Gasteiger partial charge in [0.25, 0.3) is 0 Å². The van der Waals surface area contributed by atoms with Crippen molar-refractivity contribution >= 4 is 214 Å². The molecule has 0 bridgehead atoms. The summed E-state index contributed by atoms with van der Waals surface area (Å²) in [5.74, 6) is 0. The van der Waals surface area contributed by atoms with Crippen LogP contribution in [0.25, 0.3) is 0 Å². The Bertz CT molecular complexity index is 334. The van der Waals surface area contributed by atoms with Gasteiger partial charge in [0.1, 0.15) is 13.0 Å². The molecule has 0 heterocycles. The van der Waals surface area contributed by atoms with E-state index < -0.39 is 0 Å². The molecular weight excluding hydrogens is 758 g/mol. The van der Waals surface area contributed by atoms with Gasteiger partial charge in [-0.2, -0.15) is 9.90 Å². The van der Waals surface area contributed by atoms with Crippen molar-refractivity contribution in [3.8, 4) is 0 Å². The van der Waals surface area contributed by atoms with Crippen LogP contribution in [-0.2, 0) is 71.6 Å². The van der Waals surface area contributed by atoms with Crippen molar-refractivity contribution in [3.63, 3.8) is 0 Å². The summed E-state index contributed by atoms with van der Waals surface area (Å²) in [5, 5.41) is 0. The van der Waals surface area contributed by atoms with Gasteiger partial charge < -0.3 is 140 Å². The fourth-order valence-corrected chi connectivity index (χ4v) is 0. The predicted octanol–water partition coefficient (Wildman–Crippen LogP) is -0.357. The van der Waals surface area contributed by atoms with Crippen LogP contribution in [0.4, 0.5) is 0 Å². The molecule has 0 radical (unpaired) electrons. The maximum absolute atomic E-state index is 4.71. The van der Waals surface area contributed by atoms with Crippen LogP contribution < -0.4 is 40.1 Å². The minimum absolute atomic E-state index is 0. The fourth-order valence-electron chi connectivity index (χ4n) is 0. The summed E-state index contributed by atoms with van der Waals surface area (Å²) >= 11 is 56.0. The second kappa shape index (κ2) is 52.9. The van der Waals surface area contributed by atoms with Crippen LogP contribution in [0.2, 0.25) is 0 Å². The zero-order valence-corrected chi connectivity index (χ0v) is 29.6. The molecule has 0 amide bonds. The Hall–Kier alpha value is 2.28. The van der Waals surface area contributed by atoms with E-state index in [9.17, 15) is 0 Å². The van der Waals surface area contributed by atoms with Crippen LogP contribution in [0, 0.1) is 0 Å². The minimum atomic E-state index is 0. The zero-order chi connectivity index (χ0) is 25.0. The average molecular weight is 778 g/mol. The smallest absolute Gasteiger partial charge is 0.415 e. The summed E-state index contributed by atoms with van der Waals surface area (Å²) in [6.45, 7) is 0. The Morgan fingerprint density at radius 2 is 0.433 bits per heavy atom. The quantitative estimate of drug-likeness (QED) is 0.0506. The van der Waals surface area contributed by atoms with Crippen LogP contribution in [0.3, 0.4) is 0 Å². The Balaban J connectivity index is -0.0000000242. The van der Waals surface area contributed by atoms with Gasteiger partial charge in [0.2, 0.25) is 0 Å². The molecule has 0 aromatic heterocycles. The first-order valence-electron chi connectivity index (χ1n) is 4.94. The molecule has 0 saturated carbocycles. The van der Waals surface area contributed by atoms with E-state index in [2.05, 4.69) is 197 Å². The van der Waals surface area contributed by atoms with Gasteiger partial charge in [-0.1, -0.05) is 53.9 Å². The van der Waals surface area contributed by atoms with Gasteiger partial charge in [0.15, 0.2) is 0 Å². The fraction of sp³-hybridized carbons (Fsp3) is 0. The molecule has 1 unspecified atom stereocenters. The van der Waals surface area contributed by atoms with Crippen LogP contribution in [0.5, 0.6) is 0 Å². The van der Waals surface area contributed by atoms with Gasteiger partial charge in [-0.15, -0.1) is 37.9 Å². The van der Waals surface area contributed by atoms with Crippen LogP contribution >= 0.6 is 133 Å². The van der Waals surface area contributed by atoms with Gasteiger partial charge in [-0.05, 0) is 0 Å². The Morgan fingerprint density at radius 1 is 0.433 bits per heavy atom. The van der Waals surface area contributed by atoms with E-state index >= 15 is 0 Å². The second-order valence-electron chi connectivity index (χ2n) is 2.29. The molecule has 14 N–H and O–H groups in total. The molecule has 7 nitrogen and oxygen atoms in total. The first-order valence-corrected chi connectivity index (χ1v) is 10.8. The maximum Gasteiger partial charge on any atom is 4.00 e. The van der Waals surface area contributed by atoms with Crippen molar-refractivity contribution in [1.29, 1.82) is 0 Å². The standard InChI is InChI=1S/7CH3NS2.Mo.H3P/c7*2-1(3)4;;/h7*(H3,2,3,4);;1H3/q;;;;;;;+4;/p-4. The van der Waals surface area contributed by atoms with Crippen molar-refractivity contribution in [3.05, 3.63) is 0 Å². The SMILES string of the molecule is NC(=S)S.NC(=S)S.NC(=S)S.NC(=S)[S-].NC(=S)[S-].NC(=S)[S-].NC(=S)[S-].P.[Mo+4]. The molecule has 0 fully saturated rings. The molecule has 0 rings (SSSR count). The van der Waals surface area contributed by atoms with Gasteiger partial charge in [0, 0.05) is 0 Å². The molecule has 178 valence electrons. The number of hydrogen-bond acceptors (Lipinski definition) is 11. The van der Waals surface area contributed by atoms with E-state index in [1.165, 1.54) is 0 Å². The summed E-state index contributed by atoms with van der Waals surface area (Å²) in [6, 6.07) is 0. The van der Waals surface area contributed by atoms with E-state index in [4.69, 9.17) is 17.2 Å². The Morgan fingerprint density at radius 3 is 0.433 bits per heavy atom. The van der Waals surface area contributed by atoms with Crippen molar-refractivity contribution < 1.29 is 21.1 Å². The summed E-state index contributed by atoms with van der Waals surface area (Å²) in [4.78, 5) is 0. The molecule has 0 saturated heterocycles. The Labute approximate surface area is 271 Å². The van der Waals surface area contributed by atoms with E-state index in [0.717, 1.165) is 0 Å². The molecule has 0 aromatic rings. The topological polar surface area (TPSA) is 182 Å². The molecular formula is C7H20MoN7PS14. The number of rotatable bonds is 0. The van der Waals surface area contributed by atoms with E-state index in [1.807, 2.05) is 0 Å². The molecule has 0 aliphatic rings. The van der Waals surface area contributed by atoms with E-state index in [1.54, 1.807) is 0 Å². The molecule has 30 heavy (non-hydrogen) atoms. The molecule has 0 aromatic carbocycles. The van der Waals surface area contributed by atoms with Crippen molar-refractivity contribution in [2.24, 2.45) is 40.1 Å². The summed E-state index contributed by atoms with van der Waals surface area (Å²) < 4.78 is 0.917. The molecule has 0 aliphatic heterocycles. The molecule has 1 atom stereocenters. The first-order chi connectivity index (χ1) is 12.1. The number of hydrogen-bond donors (Lipinski definition) is 10. The van der Waals surface area contributed by atoms with Crippen LogP contribution in [0.1, 0.15) is 0 Å². The van der Waals surface area contributed by atoms with Crippen LogP contribution in [-0.4, -0.2) is 30.2 Å². The number of thiocarbonyl (C=S) groups is 7. The third-order valence-corrected chi connectivity index (χ3v) is 0. The van der Waals surface area contributed by atoms with Gasteiger partial charge in [0.05, 0.1) is 0 Å². The minimum Gasteiger partial charge on any atom is -0.415 e. The van der Waals surface area contributed by atoms with Gasteiger partial charge in [-0.3, -0.25) is 0 Å². The monoisotopic (exact) mass is 779 g/mol. The van der Waals surface area contributed by atoms with Gasteiger partial charge >= 0.3 is 21.1 Å². The second-order valence-corrected chi connectivity index (χ2v) is 10.5. The summed E-state index contributed by atoms with van der Waals surface area (Å²) in [7, 11) is 0. The van der Waals surface area contributed by atoms with E-state index in [-0.39, 0.29) is 61.2 Å². The molecule has 23 heteroatoms. The van der Waals surface area contributed by atoms with Gasteiger partial charge in [-0.25, -0.2) is 0 Å². The average Bonchev–Trinajstić information content (AvgIpc) is 2.20. The number of thiol groups is 3. The third kappa shape index (κ3) is 5000. The molecule has 0 spiro atoms. The molecule has 0 aliphatic carbocycles. The maximum atomic E-state index is 4.71. The normalized spacial score (nSPS) is 5.70. The largest absolute Gasteiger partial charge is 4.00 e. The number of nitrogens with two attached hydrogens (primary N) is 7. The zero-order valence-electron chi connectivity index (χ0n) is 14.5. The van der Waals surface area contributed by atoms with Crippen molar-refractivity contribution in [2.75, 3.05) is 0 Å². The Kier molecular flexibility index (Phi) is 103. The van der Waals surface area contributed by atoms with Crippen molar-refractivity contribution in [1.82, 2.24) is 0 Å². The third-order valence-electron chi connectivity index (χ3n) is 0. The predicted molar refractivity (Wildman–Crippen MR) is 185 cm³/mol. The van der Waals surface area contributed by atoms with E-state index in [0.29, 0.717) is 0 Å².